The maximum Gasteiger partial charge on any atom is 0.327 e. The van der Waals surface area contributed by atoms with E-state index >= 15 is 0 Å². The number of nitrogens with zero attached hydrogens (tertiary/aromatic N) is 5. The Bertz CT molecular complexity index is 1330. The summed E-state index contributed by atoms with van der Waals surface area (Å²) in [5, 5.41) is 17.9. The minimum absolute atomic E-state index is 0.00462. The fourth-order valence-electron chi connectivity index (χ4n) is 4.07. The van der Waals surface area contributed by atoms with Crippen molar-refractivity contribution < 1.29 is 14.3 Å². The first-order chi connectivity index (χ1) is 15.5. The van der Waals surface area contributed by atoms with E-state index in [4.69, 9.17) is 16.0 Å². The molecule has 1 aliphatic rings. The summed E-state index contributed by atoms with van der Waals surface area (Å²) >= 11 is 5.95. The summed E-state index contributed by atoms with van der Waals surface area (Å²) in [6, 6.07) is 8.11. The van der Waals surface area contributed by atoms with Crippen molar-refractivity contribution in [3.8, 4) is 17.2 Å². The third-order valence-corrected chi connectivity index (χ3v) is 5.79. The Kier molecular flexibility index (Phi) is 5.14. The lowest BCUT2D eigenvalue weighted by Crippen LogP contribution is -2.41. The van der Waals surface area contributed by atoms with Gasteiger partial charge in [0.25, 0.3) is 0 Å². The third-order valence-electron chi connectivity index (χ3n) is 5.57. The molecule has 3 aromatic heterocycles. The van der Waals surface area contributed by atoms with Gasteiger partial charge >= 0.3 is 5.69 Å². The van der Waals surface area contributed by atoms with Crippen LogP contribution in [0.1, 0.15) is 24.8 Å². The summed E-state index contributed by atoms with van der Waals surface area (Å²) in [4.78, 5) is 33.9. The van der Waals surface area contributed by atoms with Crippen LogP contribution in [0.25, 0.3) is 22.6 Å². The molecule has 1 saturated heterocycles. The second kappa shape index (κ2) is 8.12. The normalized spacial score (nSPS) is 14.8. The number of fused-ring (bicyclic) bond motifs is 1. The average Bonchev–Trinajstić information content (AvgIpc) is 3.36. The molecule has 1 fully saturated rings. The lowest BCUT2D eigenvalue weighted by atomic mass is 10.0. The van der Waals surface area contributed by atoms with Crippen molar-refractivity contribution in [2.45, 2.75) is 25.3 Å². The van der Waals surface area contributed by atoms with Crippen LogP contribution in [0.5, 0.6) is 5.75 Å². The van der Waals surface area contributed by atoms with Crippen LogP contribution in [0.2, 0.25) is 5.02 Å². The molecule has 0 atom stereocenters. The highest BCUT2D eigenvalue weighted by Crippen LogP contribution is 2.28. The van der Waals surface area contributed by atoms with Crippen LogP contribution >= 0.6 is 11.6 Å². The first-order valence-corrected chi connectivity index (χ1v) is 10.5. The Balaban J connectivity index is 1.24. The Morgan fingerprint density at radius 3 is 2.84 bits per heavy atom. The number of phenolic OH excluding ortho intramolecular Hbond substituents is 1. The van der Waals surface area contributed by atoms with Crippen LogP contribution < -0.4 is 5.69 Å². The number of halogens is 1. The van der Waals surface area contributed by atoms with Gasteiger partial charge in [0.05, 0.1) is 5.52 Å². The highest BCUT2D eigenvalue weighted by Gasteiger charge is 2.27. The van der Waals surface area contributed by atoms with Gasteiger partial charge in [0.15, 0.2) is 5.65 Å². The lowest BCUT2D eigenvalue weighted by Gasteiger charge is -2.32. The number of pyridine rings is 1. The van der Waals surface area contributed by atoms with E-state index in [0.29, 0.717) is 42.2 Å². The molecule has 0 bridgehead atoms. The molecule has 164 valence electrons. The van der Waals surface area contributed by atoms with Crippen molar-refractivity contribution >= 4 is 28.7 Å². The average molecular weight is 455 g/mol. The van der Waals surface area contributed by atoms with E-state index in [0.717, 1.165) is 5.52 Å². The largest absolute Gasteiger partial charge is 0.508 e. The van der Waals surface area contributed by atoms with Gasteiger partial charge in [0.2, 0.25) is 17.7 Å². The van der Waals surface area contributed by atoms with Crippen LogP contribution in [0, 0.1) is 0 Å². The molecule has 0 unspecified atom stereocenters. The number of carbonyl (C=O) groups is 1. The zero-order valence-corrected chi connectivity index (χ0v) is 17.6. The molecule has 1 amide bonds. The topological polar surface area (TPSA) is 130 Å². The van der Waals surface area contributed by atoms with E-state index in [1.165, 1.54) is 12.1 Å². The Morgan fingerprint density at radius 2 is 2.06 bits per heavy atom. The number of carbonyl (C=O) groups excluding carboxylic acids is 1. The number of amides is 1. The van der Waals surface area contributed by atoms with Gasteiger partial charge in [0, 0.05) is 35.9 Å². The van der Waals surface area contributed by atoms with Crippen molar-refractivity contribution in [2.75, 3.05) is 13.1 Å². The van der Waals surface area contributed by atoms with Crippen molar-refractivity contribution in [1.29, 1.82) is 0 Å². The predicted octanol–water partition coefficient (Wildman–Crippen LogP) is 2.54. The molecule has 0 aliphatic carbocycles. The van der Waals surface area contributed by atoms with Crippen molar-refractivity contribution in [3.05, 3.63) is 57.9 Å². The number of aromatic amines is 1. The molecule has 1 aliphatic heterocycles. The number of benzene rings is 1. The van der Waals surface area contributed by atoms with Gasteiger partial charge in [-0.25, -0.2) is 9.78 Å². The highest BCUT2D eigenvalue weighted by atomic mass is 35.5. The molecule has 2 N–H and O–H groups in total. The van der Waals surface area contributed by atoms with Gasteiger partial charge in [-0.15, -0.1) is 10.2 Å². The van der Waals surface area contributed by atoms with E-state index in [1.54, 1.807) is 27.8 Å². The standard InChI is InChI=1S/C21H19ClN6O4/c22-13-8-12(9-15(29)10-13)20-26-25-17(32-20)11-18(30)27-6-3-14(4-7-27)28-16-2-1-5-23-19(16)24-21(28)31/h1-2,5,8-10,14,29H,3-4,6-7,11H2,(H,23,24,31). The number of likely N-dealkylation sites (tertiary alicyclic amines) is 1. The Morgan fingerprint density at radius 1 is 1.25 bits per heavy atom. The van der Waals surface area contributed by atoms with Gasteiger partial charge in [-0.3, -0.25) is 14.3 Å². The van der Waals surface area contributed by atoms with E-state index in [1.807, 2.05) is 6.07 Å². The number of hydrogen-bond donors (Lipinski definition) is 2. The fourth-order valence-corrected chi connectivity index (χ4v) is 4.30. The summed E-state index contributed by atoms with van der Waals surface area (Å²) in [7, 11) is 0. The third kappa shape index (κ3) is 3.84. The van der Waals surface area contributed by atoms with E-state index in [2.05, 4.69) is 20.2 Å². The lowest BCUT2D eigenvalue weighted by molar-refractivity contribution is -0.132. The number of rotatable bonds is 4. The molecule has 32 heavy (non-hydrogen) atoms. The van der Waals surface area contributed by atoms with Crippen LogP contribution in [-0.2, 0) is 11.2 Å². The number of H-pyrrole nitrogens is 1. The minimum atomic E-state index is -0.186. The zero-order valence-electron chi connectivity index (χ0n) is 16.9. The minimum Gasteiger partial charge on any atom is -0.508 e. The van der Waals surface area contributed by atoms with Crippen LogP contribution in [0.3, 0.4) is 0 Å². The molecule has 1 aromatic carbocycles. The summed E-state index contributed by atoms with van der Waals surface area (Å²) in [6.45, 7) is 1.04. The van der Waals surface area contributed by atoms with E-state index in [-0.39, 0.29) is 41.6 Å². The smallest absolute Gasteiger partial charge is 0.327 e. The SMILES string of the molecule is O=C(Cc1nnc(-c2cc(O)cc(Cl)c2)o1)N1CCC(n2c(=O)[nH]c3ncccc32)CC1. The van der Waals surface area contributed by atoms with Gasteiger partial charge in [0.1, 0.15) is 12.2 Å². The molecule has 4 aromatic rings. The van der Waals surface area contributed by atoms with E-state index in [9.17, 15) is 14.7 Å². The second-order valence-corrected chi connectivity index (χ2v) is 8.10. The quantitative estimate of drug-likeness (QED) is 0.484. The number of nitrogens with one attached hydrogen (secondary N) is 1. The summed E-state index contributed by atoms with van der Waals surface area (Å²) in [6.07, 6.45) is 2.93. The van der Waals surface area contributed by atoms with Crippen molar-refractivity contribution in [2.24, 2.45) is 0 Å². The first-order valence-electron chi connectivity index (χ1n) is 10.1. The Labute approximate surface area is 186 Å². The van der Waals surface area contributed by atoms with Crippen molar-refractivity contribution in [1.82, 2.24) is 29.6 Å². The second-order valence-electron chi connectivity index (χ2n) is 7.66. The van der Waals surface area contributed by atoms with Gasteiger partial charge < -0.3 is 14.4 Å². The highest BCUT2D eigenvalue weighted by molar-refractivity contribution is 6.31. The number of hydrogen-bond acceptors (Lipinski definition) is 7. The molecule has 0 radical (unpaired) electrons. The van der Waals surface area contributed by atoms with Crippen LogP contribution in [0.4, 0.5) is 0 Å². The number of aromatic hydroxyl groups is 1. The summed E-state index contributed by atoms with van der Waals surface area (Å²) in [5.74, 6) is 0.221. The maximum absolute atomic E-state index is 12.7. The predicted molar refractivity (Wildman–Crippen MR) is 115 cm³/mol. The number of piperidine rings is 1. The molecule has 10 nitrogen and oxygen atoms in total. The monoisotopic (exact) mass is 454 g/mol. The number of aromatic nitrogens is 5. The van der Waals surface area contributed by atoms with Crippen LogP contribution in [0.15, 0.2) is 45.7 Å². The summed E-state index contributed by atoms with van der Waals surface area (Å²) in [5.41, 5.74) is 1.62. The van der Waals surface area contributed by atoms with Crippen molar-refractivity contribution in [3.63, 3.8) is 0 Å². The fraction of sp³-hybridized carbons (Fsp3) is 0.286. The number of phenols is 1. The van der Waals surface area contributed by atoms with Crippen LogP contribution in [-0.4, -0.2) is 53.7 Å². The van der Waals surface area contributed by atoms with E-state index < -0.39 is 0 Å². The zero-order chi connectivity index (χ0) is 22.2. The van der Waals surface area contributed by atoms with Gasteiger partial charge in [-0.1, -0.05) is 11.6 Å². The summed E-state index contributed by atoms with van der Waals surface area (Å²) < 4.78 is 7.32. The van der Waals surface area contributed by atoms with Gasteiger partial charge in [-0.2, -0.15) is 0 Å². The first kappa shape index (κ1) is 20.3. The molecular weight excluding hydrogens is 436 g/mol. The van der Waals surface area contributed by atoms with Gasteiger partial charge in [-0.05, 0) is 43.2 Å². The molecule has 5 rings (SSSR count). The number of imidazole rings is 1. The maximum atomic E-state index is 12.7. The molecular formula is C21H19ClN6O4. The molecule has 4 heterocycles. The molecule has 0 saturated carbocycles. The molecule has 0 spiro atoms. The molecule has 11 heteroatoms. The Hall–Kier alpha value is -3.66.